The van der Waals surface area contributed by atoms with Crippen molar-refractivity contribution in [2.45, 2.75) is 24.9 Å². The molecule has 2 aromatic carbocycles. The van der Waals surface area contributed by atoms with Crippen LogP contribution in [0.1, 0.15) is 28.8 Å². The largest absolute Gasteiger partial charge is 0.497 e. The number of carbonyl (C=O) groups is 3. The van der Waals surface area contributed by atoms with E-state index >= 15 is 0 Å². The number of nitrogens with zero attached hydrogens (tertiary/aromatic N) is 2. The van der Waals surface area contributed by atoms with E-state index in [0.717, 1.165) is 5.56 Å². The number of likely N-dealkylation sites (tertiary alicyclic amines) is 1. The van der Waals surface area contributed by atoms with Crippen molar-refractivity contribution < 1.29 is 19.1 Å². The number of benzene rings is 2. The molecule has 29 heavy (non-hydrogen) atoms. The molecular weight excluding hydrogens is 370 g/mol. The molecule has 0 bridgehead atoms. The van der Waals surface area contributed by atoms with Crippen molar-refractivity contribution in [1.82, 2.24) is 15.1 Å². The number of nitrogens with one attached hydrogen (secondary N) is 1. The zero-order valence-corrected chi connectivity index (χ0v) is 16.3. The van der Waals surface area contributed by atoms with Gasteiger partial charge in [-0.1, -0.05) is 30.3 Å². The highest BCUT2D eigenvalue weighted by molar-refractivity contribution is 6.07. The molecule has 0 radical (unpaired) electrons. The van der Waals surface area contributed by atoms with Gasteiger partial charge in [-0.2, -0.15) is 0 Å². The molecule has 4 amide bonds. The Bertz CT molecular complexity index is 929. The molecule has 0 unspecified atom stereocenters. The second-order valence-electron chi connectivity index (χ2n) is 7.45. The SMILES string of the molecule is COc1ccc(C(=O)N2CCC[C@@]3(C2)NC(=O)N(Cc2ccccc2)C3=O)cc1. The fourth-order valence-electron chi connectivity index (χ4n) is 4.01. The molecule has 7 heteroatoms. The molecule has 2 aromatic rings. The molecule has 1 N–H and O–H groups in total. The van der Waals surface area contributed by atoms with Gasteiger partial charge < -0.3 is 15.0 Å². The van der Waals surface area contributed by atoms with Crippen molar-refractivity contribution in [3.8, 4) is 5.75 Å². The van der Waals surface area contributed by atoms with Crippen LogP contribution in [-0.4, -0.2) is 53.4 Å². The monoisotopic (exact) mass is 393 g/mol. The lowest BCUT2D eigenvalue weighted by atomic mass is 9.88. The van der Waals surface area contributed by atoms with Crippen LogP contribution in [0.2, 0.25) is 0 Å². The zero-order chi connectivity index (χ0) is 20.4. The molecule has 1 spiro atoms. The standard InChI is InChI=1S/C22H23N3O4/c1-29-18-10-8-17(9-11-18)19(26)24-13-5-12-22(15-24)20(27)25(21(28)23-22)14-16-6-3-2-4-7-16/h2-4,6-11H,5,12-15H2,1H3,(H,23,28)/t22-/m0/s1. The number of ether oxygens (including phenoxy) is 1. The van der Waals surface area contributed by atoms with Crippen LogP contribution >= 0.6 is 0 Å². The third-order valence-corrected chi connectivity index (χ3v) is 5.55. The lowest BCUT2D eigenvalue weighted by Gasteiger charge is -2.38. The third kappa shape index (κ3) is 3.55. The Labute approximate surface area is 169 Å². The molecule has 2 fully saturated rings. The van der Waals surface area contributed by atoms with E-state index in [1.54, 1.807) is 36.3 Å². The van der Waals surface area contributed by atoms with Crippen LogP contribution in [0.3, 0.4) is 0 Å². The molecule has 1 atom stereocenters. The van der Waals surface area contributed by atoms with Crippen LogP contribution in [-0.2, 0) is 11.3 Å². The van der Waals surface area contributed by atoms with Crippen LogP contribution in [0.25, 0.3) is 0 Å². The predicted octanol–water partition coefficient (Wildman–Crippen LogP) is 2.42. The minimum Gasteiger partial charge on any atom is -0.497 e. The van der Waals surface area contributed by atoms with Gasteiger partial charge in [0.25, 0.3) is 11.8 Å². The average molecular weight is 393 g/mol. The number of urea groups is 1. The maximum atomic E-state index is 13.2. The van der Waals surface area contributed by atoms with Gasteiger partial charge in [0.15, 0.2) is 0 Å². The Balaban J connectivity index is 1.51. The summed E-state index contributed by atoms with van der Waals surface area (Å²) in [6.45, 7) is 0.946. The van der Waals surface area contributed by atoms with Crippen LogP contribution in [0.4, 0.5) is 4.79 Å². The van der Waals surface area contributed by atoms with E-state index in [0.29, 0.717) is 30.7 Å². The molecule has 150 valence electrons. The smallest absolute Gasteiger partial charge is 0.325 e. The summed E-state index contributed by atoms with van der Waals surface area (Å²) in [4.78, 5) is 41.6. The second kappa shape index (κ2) is 7.58. The number of hydrogen-bond acceptors (Lipinski definition) is 4. The molecule has 0 saturated carbocycles. The number of rotatable bonds is 4. The maximum absolute atomic E-state index is 13.2. The summed E-state index contributed by atoms with van der Waals surface area (Å²) in [7, 11) is 1.57. The molecule has 2 saturated heterocycles. The van der Waals surface area contributed by atoms with Gasteiger partial charge in [0.1, 0.15) is 11.3 Å². The molecule has 2 aliphatic heterocycles. The van der Waals surface area contributed by atoms with Gasteiger partial charge >= 0.3 is 6.03 Å². The summed E-state index contributed by atoms with van der Waals surface area (Å²) < 4.78 is 5.13. The summed E-state index contributed by atoms with van der Waals surface area (Å²) in [6, 6.07) is 15.9. The molecule has 2 heterocycles. The predicted molar refractivity (Wildman–Crippen MR) is 106 cm³/mol. The van der Waals surface area contributed by atoms with E-state index in [4.69, 9.17) is 4.74 Å². The molecule has 0 aliphatic carbocycles. The minimum atomic E-state index is -1.05. The zero-order valence-electron chi connectivity index (χ0n) is 16.3. The van der Waals surface area contributed by atoms with E-state index in [2.05, 4.69) is 5.32 Å². The third-order valence-electron chi connectivity index (χ3n) is 5.55. The van der Waals surface area contributed by atoms with Gasteiger partial charge in [-0.15, -0.1) is 0 Å². The lowest BCUT2D eigenvalue weighted by molar-refractivity contribution is -0.133. The van der Waals surface area contributed by atoms with E-state index in [-0.39, 0.29) is 24.9 Å². The topological polar surface area (TPSA) is 79.0 Å². The Morgan fingerprint density at radius 3 is 2.52 bits per heavy atom. The van der Waals surface area contributed by atoms with Crippen molar-refractivity contribution in [2.24, 2.45) is 0 Å². The number of imide groups is 1. The van der Waals surface area contributed by atoms with Gasteiger partial charge in [-0.25, -0.2) is 4.79 Å². The fraction of sp³-hybridized carbons (Fsp3) is 0.318. The number of carbonyl (C=O) groups excluding carboxylic acids is 3. The summed E-state index contributed by atoms with van der Waals surface area (Å²) in [5, 5.41) is 2.87. The highest BCUT2D eigenvalue weighted by Crippen LogP contribution is 2.30. The van der Waals surface area contributed by atoms with Crippen LogP contribution in [0.15, 0.2) is 54.6 Å². The minimum absolute atomic E-state index is 0.157. The Hall–Kier alpha value is -3.35. The van der Waals surface area contributed by atoms with Gasteiger partial charge in [0.2, 0.25) is 0 Å². The van der Waals surface area contributed by atoms with E-state index in [9.17, 15) is 14.4 Å². The van der Waals surface area contributed by atoms with Gasteiger partial charge in [0.05, 0.1) is 20.2 Å². The van der Waals surface area contributed by atoms with Crippen molar-refractivity contribution in [3.05, 3.63) is 65.7 Å². The molecular formula is C22H23N3O4. The number of methoxy groups -OCH3 is 1. The first-order chi connectivity index (χ1) is 14.0. The molecule has 7 nitrogen and oxygen atoms in total. The van der Waals surface area contributed by atoms with Crippen molar-refractivity contribution in [2.75, 3.05) is 20.2 Å². The summed E-state index contributed by atoms with van der Waals surface area (Å²) in [5.74, 6) is 0.250. The summed E-state index contributed by atoms with van der Waals surface area (Å²) >= 11 is 0. The highest BCUT2D eigenvalue weighted by atomic mass is 16.5. The van der Waals surface area contributed by atoms with Crippen LogP contribution in [0, 0.1) is 0 Å². The normalized spacial score (nSPS) is 21.4. The van der Waals surface area contributed by atoms with E-state index in [1.807, 2.05) is 30.3 Å². The second-order valence-corrected chi connectivity index (χ2v) is 7.45. The molecule has 0 aromatic heterocycles. The van der Waals surface area contributed by atoms with Crippen molar-refractivity contribution in [3.63, 3.8) is 0 Å². The van der Waals surface area contributed by atoms with Crippen molar-refractivity contribution in [1.29, 1.82) is 0 Å². The summed E-state index contributed by atoms with van der Waals surface area (Å²) in [5.41, 5.74) is 0.363. The first-order valence-corrected chi connectivity index (χ1v) is 9.64. The first-order valence-electron chi connectivity index (χ1n) is 9.64. The Morgan fingerprint density at radius 2 is 1.83 bits per heavy atom. The van der Waals surface area contributed by atoms with Gasteiger partial charge in [0, 0.05) is 12.1 Å². The maximum Gasteiger partial charge on any atom is 0.325 e. The Kier molecular flexibility index (Phi) is 4.96. The highest BCUT2D eigenvalue weighted by Gasteiger charge is 2.53. The number of piperidine rings is 1. The lowest BCUT2D eigenvalue weighted by Crippen LogP contribution is -2.59. The fourth-order valence-corrected chi connectivity index (χ4v) is 4.01. The number of hydrogen-bond donors (Lipinski definition) is 1. The summed E-state index contributed by atoms with van der Waals surface area (Å²) in [6.07, 6.45) is 1.17. The average Bonchev–Trinajstić information content (AvgIpc) is 2.98. The van der Waals surface area contributed by atoms with Crippen LogP contribution in [0.5, 0.6) is 5.75 Å². The van der Waals surface area contributed by atoms with Crippen molar-refractivity contribution >= 4 is 17.8 Å². The van der Waals surface area contributed by atoms with Gasteiger partial charge in [-0.05, 0) is 42.7 Å². The quantitative estimate of drug-likeness (QED) is 0.810. The van der Waals surface area contributed by atoms with E-state index in [1.165, 1.54) is 4.90 Å². The van der Waals surface area contributed by atoms with Gasteiger partial charge in [-0.3, -0.25) is 14.5 Å². The number of amides is 4. The van der Waals surface area contributed by atoms with Crippen LogP contribution < -0.4 is 10.1 Å². The molecule has 4 rings (SSSR count). The first kappa shape index (κ1) is 19.0. The Morgan fingerprint density at radius 1 is 1.10 bits per heavy atom. The molecule has 2 aliphatic rings. The van der Waals surface area contributed by atoms with E-state index < -0.39 is 11.6 Å².